The predicted octanol–water partition coefficient (Wildman–Crippen LogP) is 4.05. The van der Waals surface area contributed by atoms with Crippen LogP contribution in [-0.2, 0) is 6.61 Å². The lowest BCUT2D eigenvalue weighted by Crippen LogP contribution is -2.04. The van der Waals surface area contributed by atoms with Gasteiger partial charge in [-0.05, 0) is 38.1 Å². The van der Waals surface area contributed by atoms with Gasteiger partial charge in [0.25, 0.3) is 0 Å². The van der Waals surface area contributed by atoms with Gasteiger partial charge in [-0.2, -0.15) is 0 Å². The first kappa shape index (κ1) is 13.9. The number of rotatable bonds is 4. The molecule has 0 spiro atoms. The lowest BCUT2D eigenvalue weighted by atomic mass is 10.1. The third-order valence-corrected chi connectivity index (χ3v) is 3.47. The van der Waals surface area contributed by atoms with Gasteiger partial charge in [0, 0.05) is 21.8 Å². The Kier molecular flexibility index (Phi) is 4.43. The Morgan fingerprint density at radius 2 is 1.84 bits per heavy atom. The van der Waals surface area contributed by atoms with E-state index in [2.05, 4.69) is 20.9 Å². The van der Waals surface area contributed by atoms with Crippen LogP contribution in [-0.4, -0.2) is 12.1 Å². The maximum atomic E-state index is 5.73. The highest BCUT2D eigenvalue weighted by atomic mass is 79.9. The first-order valence-corrected chi connectivity index (χ1v) is 6.78. The summed E-state index contributed by atoms with van der Waals surface area (Å²) in [5, 5.41) is 0. The Balaban J connectivity index is 2.13. The molecule has 0 amide bonds. The third kappa shape index (κ3) is 3.26. The SMILES string of the molecule is COc1c(C)cnc(COc2ccc(Br)cc2)c1C. The second-order valence-corrected chi connectivity index (χ2v) is 5.20. The molecular weight excluding hydrogens is 306 g/mol. The number of hydrogen-bond acceptors (Lipinski definition) is 3. The fourth-order valence-corrected chi connectivity index (χ4v) is 2.16. The number of nitrogens with zero attached hydrogens (tertiary/aromatic N) is 1. The standard InChI is InChI=1S/C15H16BrNO2/c1-10-8-17-14(11(2)15(10)18-3)9-19-13-6-4-12(16)5-7-13/h4-8H,9H2,1-3H3. The van der Waals surface area contributed by atoms with Gasteiger partial charge >= 0.3 is 0 Å². The third-order valence-electron chi connectivity index (χ3n) is 2.94. The molecule has 0 aliphatic heterocycles. The fourth-order valence-electron chi connectivity index (χ4n) is 1.90. The van der Waals surface area contributed by atoms with Crippen molar-refractivity contribution < 1.29 is 9.47 Å². The minimum Gasteiger partial charge on any atom is -0.496 e. The van der Waals surface area contributed by atoms with Gasteiger partial charge in [-0.15, -0.1) is 0 Å². The molecule has 100 valence electrons. The molecule has 19 heavy (non-hydrogen) atoms. The van der Waals surface area contributed by atoms with Crippen LogP contribution >= 0.6 is 15.9 Å². The van der Waals surface area contributed by atoms with E-state index in [1.165, 1.54) is 0 Å². The largest absolute Gasteiger partial charge is 0.496 e. The average molecular weight is 322 g/mol. The van der Waals surface area contributed by atoms with Crippen LogP contribution in [0, 0.1) is 13.8 Å². The molecule has 0 saturated heterocycles. The lowest BCUT2D eigenvalue weighted by molar-refractivity contribution is 0.298. The minimum absolute atomic E-state index is 0.435. The highest BCUT2D eigenvalue weighted by molar-refractivity contribution is 9.10. The summed E-state index contributed by atoms with van der Waals surface area (Å²) in [5.41, 5.74) is 2.96. The number of ether oxygens (including phenoxy) is 2. The molecule has 0 fully saturated rings. The van der Waals surface area contributed by atoms with Gasteiger partial charge in [0.05, 0.1) is 12.8 Å². The maximum Gasteiger partial charge on any atom is 0.131 e. The van der Waals surface area contributed by atoms with E-state index in [-0.39, 0.29) is 0 Å². The van der Waals surface area contributed by atoms with Gasteiger partial charge in [0.2, 0.25) is 0 Å². The molecule has 1 aromatic carbocycles. The van der Waals surface area contributed by atoms with Crippen molar-refractivity contribution in [2.75, 3.05) is 7.11 Å². The zero-order valence-electron chi connectivity index (χ0n) is 11.2. The van der Waals surface area contributed by atoms with Crippen molar-refractivity contribution in [2.45, 2.75) is 20.5 Å². The Morgan fingerprint density at radius 1 is 1.16 bits per heavy atom. The monoisotopic (exact) mass is 321 g/mol. The van der Waals surface area contributed by atoms with Crippen molar-refractivity contribution in [3.05, 3.63) is 51.8 Å². The first-order valence-electron chi connectivity index (χ1n) is 5.99. The van der Waals surface area contributed by atoms with Crippen molar-refractivity contribution >= 4 is 15.9 Å². The number of pyridine rings is 1. The van der Waals surface area contributed by atoms with Gasteiger partial charge in [0.15, 0.2) is 0 Å². The summed E-state index contributed by atoms with van der Waals surface area (Å²) in [6.07, 6.45) is 1.81. The topological polar surface area (TPSA) is 31.4 Å². The van der Waals surface area contributed by atoms with Gasteiger partial charge in [-0.1, -0.05) is 15.9 Å². The smallest absolute Gasteiger partial charge is 0.131 e. The van der Waals surface area contributed by atoms with E-state index in [1.54, 1.807) is 7.11 Å². The predicted molar refractivity (Wildman–Crippen MR) is 78.7 cm³/mol. The lowest BCUT2D eigenvalue weighted by Gasteiger charge is -2.13. The molecule has 0 unspecified atom stereocenters. The molecule has 0 N–H and O–H groups in total. The van der Waals surface area contributed by atoms with Crippen LogP contribution in [0.15, 0.2) is 34.9 Å². The van der Waals surface area contributed by atoms with Gasteiger partial charge in [-0.25, -0.2) is 0 Å². The fraction of sp³-hybridized carbons (Fsp3) is 0.267. The number of benzene rings is 1. The second kappa shape index (κ2) is 6.06. The second-order valence-electron chi connectivity index (χ2n) is 4.29. The summed E-state index contributed by atoms with van der Waals surface area (Å²) < 4.78 is 12.1. The van der Waals surface area contributed by atoms with E-state index in [1.807, 2.05) is 44.3 Å². The summed E-state index contributed by atoms with van der Waals surface area (Å²) in [6, 6.07) is 7.74. The van der Waals surface area contributed by atoms with Crippen LogP contribution < -0.4 is 9.47 Å². The Morgan fingerprint density at radius 3 is 2.47 bits per heavy atom. The van der Waals surface area contributed by atoms with Crippen LogP contribution in [0.2, 0.25) is 0 Å². The number of hydrogen-bond donors (Lipinski definition) is 0. The highest BCUT2D eigenvalue weighted by Crippen LogP contribution is 2.25. The van der Waals surface area contributed by atoms with Crippen molar-refractivity contribution in [3.8, 4) is 11.5 Å². The maximum absolute atomic E-state index is 5.73. The Hall–Kier alpha value is -1.55. The van der Waals surface area contributed by atoms with Crippen molar-refractivity contribution in [2.24, 2.45) is 0 Å². The number of aromatic nitrogens is 1. The van der Waals surface area contributed by atoms with E-state index in [4.69, 9.17) is 9.47 Å². The molecule has 0 aliphatic carbocycles. The van der Waals surface area contributed by atoms with Crippen LogP contribution in [0.3, 0.4) is 0 Å². The summed E-state index contributed by atoms with van der Waals surface area (Å²) in [4.78, 5) is 4.40. The summed E-state index contributed by atoms with van der Waals surface area (Å²) in [7, 11) is 1.68. The van der Waals surface area contributed by atoms with Gasteiger partial charge in [0.1, 0.15) is 18.1 Å². The molecule has 4 heteroatoms. The molecular formula is C15H16BrNO2. The van der Waals surface area contributed by atoms with Gasteiger partial charge < -0.3 is 9.47 Å². The van der Waals surface area contributed by atoms with Gasteiger partial charge in [-0.3, -0.25) is 4.98 Å². The average Bonchev–Trinajstić information content (AvgIpc) is 2.40. The molecule has 3 nitrogen and oxygen atoms in total. The number of halogens is 1. The number of aryl methyl sites for hydroxylation is 1. The molecule has 0 saturated carbocycles. The molecule has 1 aromatic heterocycles. The van der Waals surface area contributed by atoms with Crippen molar-refractivity contribution in [3.63, 3.8) is 0 Å². The van der Waals surface area contributed by atoms with E-state index >= 15 is 0 Å². The normalized spacial score (nSPS) is 10.3. The summed E-state index contributed by atoms with van der Waals surface area (Å²) in [5.74, 6) is 1.70. The molecule has 0 aliphatic rings. The minimum atomic E-state index is 0.435. The van der Waals surface area contributed by atoms with E-state index in [0.717, 1.165) is 32.8 Å². The molecule has 1 heterocycles. The molecule has 2 rings (SSSR count). The number of methoxy groups -OCH3 is 1. The summed E-state index contributed by atoms with van der Waals surface area (Å²) >= 11 is 3.40. The van der Waals surface area contributed by atoms with Crippen LogP contribution in [0.25, 0.3) is 0 Å². The molecule has 0 bridgehead atoms. The van der Waals surface area contributed by atoms with Crippen molar-refractivity contribution in [1.29, 1.82) is 0 Å². The van der Waals surface area contributed by atoms with Crippen LogP contribution in [0.5, 0.6) is 11.5 Å². The van der Waals surface area contributed by atoms with E-state index < -0.39 is 0 Å². The molecule has 2 aromatic rings. The van der Waals surface area contributed by atoms with E-state index in [0.29, 0.717) is 6.61 Å². The van der Waals surface area contributed by atoms with Crippen LogP contribution in [0.1, 0.15) is 16.8 Å². The van der Waals surface area contributed by atoms with E-state index in [9.17, 15) is 0 Å². The zero-order valence-corrected chi connectivity index (χ0v) is 12.8. The Bertz CT molecular complexity index is 567. The first-order chi connectivity index (χ1) is 9.11. The summed E-state index contributed by atoms with van der Waals surface area (Å²) in [6.45, 7) is 4.42. The Labute approximate surface area is 121 Å². The molecule has 0 radical (unpaired) electrons. The zero-order chi connectivity index (χ0) is 13.8. The van der Waals surface area contributed by atoms with Crippen LogP contribution in [0.4, 0.5) is 0 Å². The molecule has 0 atom stereocenters. The highest BCUT2D eigenvalue weighted by Gasteiger charge is 2.09. The van der Waals surface area contributed by atoms with Crippen molar-refractivity contribution in [1.82, 2.24) is 4.98 Å². The quantitative estimate of drug-likeness (QED) is 0.851.